The fraction of sp³-hybridized carbons (Fsp3) is 0.786. The fourth-order valence-electron chi connectivity index (χ4n) is 1.53. The molecule has 0 aromatic carbocycles. The molecule has 0 aliphatic carbocycles. The van der Waals surface area contributed by atoms with Crippen LogP contribution in [0.25, 0.3) is 0 Å². The Morgan fingerprint density at radius 1 is 1.31 bits per heavy atom. The highest BCUT2D eigenvalue weighted by atomic mass is 16.5. The Hall–Kier alpha value is -0.630. The molecule has 94 valence electrons. The van der Waals surface area contributed by atoms with Crippen LogP contribution in [-0.4, -0.2) is 18.5 Å². The second-order valence-corrected chi connectivity index (χ2v) is 4.92. The van der Waals surface area contributed by atoms with Crippen molar-refractivity contribution in [2.24, 2.45) is 11.8 Å². The second kappa shape index (κ2) is 8.51. The summed E-state index contributed by atoms with van der Waals surface area (Å²) < 4.78 is 5.52. The Balaban J connectivity index is 3.96. The summed E-state index contributed by atoms with van der Waals surface area (Å²) in [6.45, 7) is 12.5. The Kier molecular flexibility index (Phi) is 8.18. The molecule has 0 radical (unpaired) electrons. The van der Waals surface area contributed by atoms with Crippen molar-refractivity contribution in [1.82, 2.24) is 0 Å². The summed E-state index contributed by atoms with van der Waals surface area (Å²) in [5.41, 5.74) is 0. The maximum absolute atomic E-state index is 11.6. The summed E-state index contributed by atoms with van der Waals surface area (Å²) in [6.07, 6.45) is 4.67. The lowest BCUT2D eigenvalue weighted by molar-refractivity contribution is -0.122. The van der Waals surface area contributed by atoms with Crippen LogP contribution in [0.2, 0.25) is 0 Å². The van der Waals surface area contributed by atoms with E-state index in [0.717, 1.165) is 19.4 Å². The average molecular weight is 226 g/mol. The molecule has 0 N–H and O–H groups in total. The molecule has 0 heterocycles. The predicted octanol–water partition coefficient (Wildman–Crippen LogP) is 3.61. The molecule has 0 aliphatic rings. The van der Waals surface area contributed by atoms with E-state index in [1.54, 1.807) is 0 Å². The van der Waals surface area contributed by atoms with E-state index in [2.05, 4.69) is 6.58 Å². The first kappa shape index (κ1) is 15.4. The first-order valence-electron chi connectivity index (χ1n) is 6.22. The standard InChI is InChI=1S/C14H26O2/c1-6-7-13(8-9-16-12(4)5)10-14(15)11(2)3/h6,11-13H,1,7-10H2,2-5H3. The number of carbonyl (C=O) groups excluding carboxylic acids is 1. The number of ketones is 1. The molecular formula is C14H26O2. The molecule has 0 aromatic heterocycles. The molecule has 0 aromatic rings. The molecule has 0 spiro atoms. The van der Waals surface area contributed by atoms with Gasteiger partial charge < -0.3 is 4.74 Å². The van der Waals surface area contributed by atoms with Gasteiger partial charge in [-0.15, -0.1) is 6.58 Å². The maximum atomic E-state index is 11.6. The zero-order valence-corrected chi connectivity index (χ0v) is 11.2. The van der Waals surface area contributed by atoms with E-state index in [1.165, 1.54) is 0 Å². The zero-order chi connectivity index (χ0) is 12.6. The molecule has 0 amide bonds. The van der Waals surface area contributed by atoms with Crippen molar-refractivity contribution in [3.63, 3.8) is 0 Å². The van der Waals surface area contributed by atoms with E-state index in [4.69, 9.17) is 4.74 Å². The molecule has 0 saturated carbocycles. The Labute approximate surface area is 100 Å². The van der Waals surface area contributed by atoms with E-state index in [0.29, 0.717) is 18.1 Å². The van der Waals surface area contributed by atoms with E-state index in [1.807, 2.05) is 33.8 Å². The molecule has 1 unspecified atom stereocenters. The quantitative estimate of drug-likeness (QED) is 0.561. The summed E-state index contributed by atoms with van der Waals surface area (Å²) in [5.74, 6) is 0.876. The number of Topliss-reactive ketones (excluding diaryl/α,β-unsaturated/α-hetero) is 1. The summed E-state index contributed by atoms with van der Waals surface area (Å²) in [6, 6.07) is 0. The minimum absolute atomic E-state index is 0.137. The molecule has 2 nitrogen and oxygen atoms in total. The number of ether oxygens (including phenoxy) is 1. The lowest BCUT2D eigenvalue weighted by Crippen LogP contribution is -2.16. The van der Waals surface area contributed by atoms with Gasteiger partial charge in [0.25, 0.3) is 0 Å². The summed E-state index contributed by atoms with van der Waals surface area (Å²) in [5, 5.41) is 0. The summed E-state index contributed by atoms with van der Waals surface area (Å²) in [4.78, 5) is 11.6. The van der Waals surface area contributed by atoms with Crippen molar-refractivity contribution in [2.45, 2.75) is 53.1 Å². The number of hydrogen-bond acceptors (Lipinski definition) is 2. The van der Waals surface area contributed by atoms with Crippen molar-refractivity contribution >= 4 is 5.78 Å². The second-order valence-electron chi connectivity index (χ2n) is 4.92. The van der Waals surface area contributed by atoms with Gasteiger partial charge in [0.2, 0.25) is 0 Å². The number of carbonyl (C=O) groups is 1. The highest BCUT2D eigenvalue weighted by molar-refractivity contribution is 5.80. The van der Waals surface area contributed by atoms with Gasteiger partial charge in [0.1, 0.15) is 5.78 Å². The van der Waals surface area contributed by atoms with E-state index >= 15 is 0 Å². The maximum Gasteiger partial charge on any atom is 0.135 e. The van der Waals surface area contributed by atoms with Crippen molar-refractivity contribution < 1.29 is 9.53 Å². The van der Waals surface area contributed by atoms with Gasteiger partial charge in [0, 0.05) is 18.9 Å². The van der Waals surface area contributed by atoms with Crippen LogP contribution < -0.4 is 0 Å². The zero-order valence-electron chi connectivity index (χ0n) is 11.2. The van der Waals surface area contributed by atoms with Crippen LogP contribution in [0.5, 0.6) is 0 Å². The van der Waals surface area contributed by atoms with E-state index in [-0.39, 0.29) is 12.0 Å². The van der Waals surface area contributed by atoms with E-state index in [9.17, 15) is 4.79 Å². The minimum atomic E-state index is 0.137. The van der Waals surface area contributed by atoms with Crippen molar-refractivity contribution in [2.75, 3.05) is 6.61 Å². The Morgan fingerprint density at radius 3 is 2.38 bits per heavy atom. The van der Waals surface area contributed by atoms with Crippen LogP contribution in [0.3, 0.4) is 0 Å². The molecule has 16 heavy (non-hydrogen) atoms. The minimum Gasteiger partial charge on any atom is -0.379 e. The Morgan fingerprint density at radius 2 is 1.94 bits per heavy atom. The van der Waals surface area contributed by atoms with Crippen LogP contribution in [0, 0.1) is 11.8 Å². The van der Waals surface area contributed by atoms with Gasteiger partial charge in [-0.05, 0) is 32.6 Å². The summed E-state index contributed by atoms with van der Waals surface area (Å²) in [7, 11) is 0. The van der Waals surface area contributed by atoms with Crippen LogP contribution in [0.1, 0.15) is 47.0 Å². The molecule has 0 fully saturated rings. The first-order chi connectivity index (χ1) is 7.47. The first-order valence-corrected chi connectivity index (χ1v) is 6.22. The molecular weight excluding hydrogens is 200 g/mol. The molecule has 0 rings (SSSR count). The third-order valence-corrected chi connectivity index (χ3v) is 2.61. The van der Waals surface area contributed by atoms with Crippen molar-refractivity contribution in [3.05, 3.63) is 12.7 Å². The van der Waals surface area contributed by atoms with Gasteiger partial charge in [0.05, 0.1) is 6.10 Å². The third-order valence-electron chi connectivity index (χ3n) is 2.61. The number of rotatable bonds is 9. The molecule has 0 saturated heterocycles. The fourth-order valence-corrected chi connectivity index (χ4v) is 1.53. The van der Waals surface area contributed by atoms with Gasteiger partial charge >= 0.3 is 0 Å². The SMILES string of the molecule is C=CCC(CCOC(C)C)CC(=O)C(C)C. The molecule has 2 heteroatoms. The third kappa shape index (κ3) is 7.63. The van der Waals surface area contributed by atoms with E-state index < -0.39 is 0 Å². The van der Waals surface area contributed by atoms with Crippen LogP contribution in [0.15, 0.2) is 12.7 Å². The highest BCUT2D eigenvalue weighted by Gasteiger charge is 2.15. The normalized spacial score (nSPS) is 13.1. The number of hydrogen-bond donors (Lipinski definition) is 0. The average Bonchev–Trinajstić information content (AvgIpc) is 2.17. The molecule has 1 atom stereocenters. The monoisotopic (exact) mass is 226 g/mol. The van der Waals surface area contributed by atoms with Gasteiger partial charge in [-0.25, -0.2) is 0 Å². The number of allylic oxidation sites excluding steroid dienone is 1. The van der Waals surface area contributed by atoms with Gasteiger partial charge in [-0.3, -0.25) is 4.79 Å². The van der Waals surface area contributed by atoms with Crippen molar-refractivity contribution in [1.29, 1.82) is 0 Å². The predicted molar refractivity (Wildman–Crippen MR) is 68.5 cm³/mol. The topological polar surface area (TPSA) is 26.3 Å². The van der Waals surface area contributed by atoms with Gasteiger partial charge in [-0.1, -0.05) is 19.9 Å². The van der Waals surface area contributed by atoms with Crippen LogP contribution in [-0.2, 0) is 9.53 Å². The highest BCUT2D eigenvalue weighted by Crippen LogP contribution is 2.17. The molecule has 0 aliphatic heterocycles. The van der Waals surface area contributed by atoms with Gasteiger partial charge in [-0.2, -0.15) is 0 Å². The van der Waals surface area contributed by atoms with Crippen LogP contribution >= 0.6 is 0 Å². The van der Waals surface area contributed by atoms with Crippen molar-refractivity contribution in [3.8, 4) is 0 Å². The Bertz CT molecular complexity index is 207. The largest absolute Gasteiger partial charge is 0.379 e. The smallest absolute Gasteiger partial charge is 0.135 e. The van der Waals surface area contributed by atoms with Gasteiger partial charge in [0.15, 0.2) is 0 Å². The lowest BCUT2D eigenvalue weighted by atomic mass is 9.92. The lowest BCUT2D eigenvalue weighted by Gasteiger charge is -2.16. The molecule has 0 bridgehead atoms. The summed E-state index contributed by atoms with van der Waals surface area (Å²) >= 11 is 0. The van der Waals surface area contributed by atoms with Crippen LogP contribution in [0.4, 0.5) is 0 Å².